The molecule has 148 valence electrons. The van der Waals surface area contributed by atoms with Crippen LogP contribution in [0.5, 0.6) is 5.75 Å². The minimum absolute atomic E-state index is 0.0805. The van der Waals surface area contributed by atoms with E-state index in [0.29, 0.717) is 25.1 Å². The van der Waals surface area contributed by atoms with Crippen molar-refractivity contribution in [2.75, 3.05) is 13.1 Å². The molecule has 1 saturated heterocycles. The number of hydrazone groups is 1. The number of likely N-dealkylation sites (tertiary alicyclic amines) is 1. The van der Waals surface area contributed by atoms with E-state index in [4.69, 9.17) is 4.74 Å². The normalized spacial score (nSPS) is 20.1. The van der Waals surface area contributed by atoms with Gasteiger partial charge in [0.1, 0.15) is 23.5 Å². The second kappa shape index (κ2) is 6.99. The third-order valence-corrected chi connectivity index (χ3v) is 5.47. The predicted octanol–water partition coefficient (Wildman–Crippen LogP) is 4.15. The van der Waals surface area contributed by atoms with Crippen molar-refractivity contribution >= 4 is 18.3 Å². The molecule has 3 aliphatic rings. The van der Waals surface area contributed by atoms with Crippen molar-refractivity contribution in [3.8, 4) is 5.75 Å². The highest BCUT2D eigenvalue weighted by atomic mass is 19.1. The maximum absolute atomic E-state index is 13.6. The van der Waals surface area contributed by atoms with Gasteiger partial charge in [-0.3, -0.25) is 0 Å². The van der Waals surface area contributed by atoms with Gasteiger partial charge in [0.15, 0.2) is 0 Å². The van der Waals surface area contributed by atoms with Crippen LogP contribution in [0.3, 0.4) is 0 Å². The molecular formula is C22H19F2N3O2. The highest BCUT2D eigenvalue weighted by Crippen LogP contribution is 2.32. The number of carbonyl (C=O) groups is 1. The van der Waals surface area contributed by atoms with Gasteiger partial charge in [-0.25, -0.2) is 18.6 Å². The molecule has 29 heavy (non-hydrogen) atoms. The highest BCUT2D eigenvalue weighted by molar-refractivity contribution is 5.79. The number of halogens is 2. The molecule has 2 aliphatic heterocycles. The minimum atomic E-state index is -0.666. The highest BCUT2D eigenvalue weighted by Gasteiger charge is 2.39. The van der Waals surface area contributed by atoms with Gasteiger partial charge in [0, 0.05) is 18.7 Å². The zero-order chi connectivity index (χ0) is 20.0. The number of benzene rings is 2. The van der Waals surface area contributed by atoms with Gasteiger partial charge in [0.2, 0.25) is 0 Å². The molecule has 1 fully saturated rings. The first-order valence-electron chi connectivity index (χ1n) is 9.59. The number of nitrogens with zero attached hydrogens (tertiary/aromatic N) is 3. The maximum Gasteiger partial charge on any atom is 0.341 e. The third kappa shape index (κ3) is 3.37. The Labute approximate surface area is 166 Å². The van der Waals surface area contributed by atoms with Gasteiger partial charge in [-0.05, 0) is 47.4 Å². The van der Waals surface area contributed by atoms with E-state index >= 15 is 0 Å². The molecule has 1 atom stereocenters. The van der Waals surface area contributed by atoms with Crippen LogP contribution in [0.4, 0.5) is 13.6 Å². The molecule has 2 aromatic carbocycles. The molecule has 5 nitrogen and oxygen atoms in total. The van der Waals surface area contributed by atoms with Crippen molar-refractivity contribution in [2.45, 2.75) is 25.0 Å². The lowest BCUT2D eigenvalue weighted by Gasteiger charge is -2.41. The average molecular weight is 395 g/mol. The molecular weight excluding hydrogens is 376 g/mol. The van der Waals surface area contributed by atoms with Crippen LogP contribution < -0.4 is 4.74 Å². The summed E-state index contributed by atoms with van der Waals surface area (Å²) in [5.41, 5.74) is 2.86. The first-order valence-corrected chi connectivity index (χ1v) is 9.59. The minimum Gasteiger partial charge on any atom is -0.487 e. The first-order chi connectivity index (χ1) is 14.1. The Morgan fingerprint density at radius 2 is 1.90 bits per heavy atom. The number of fused-ring (bicyclic) bond motifs is 1. The molecule has 0 N–H and O–H groups in total. The first kappa shape index (κ1) is 17.8. The second-order valence-electron chi connectivity index (χ2n) is 7.49. The van der Waals surface area contributed by atoms with Crippen molar-refractivity contribution in [3.63, 3.8) is 0 Å². The fourth-order valence-corrected chi connectivity index (χ4v) is 3.96. The van der Waals surface area contributed by atoms with E-state index < -0.39 is 17.7 Å². The molecule has 2 amide bonds. The zero-order valence-electron chi connectivity index (χ0n) is 15.6. The monoisotopic (exact) mass is 395 g/mol. The predicted molar refractivity (Wildman–Crippen MR) is 105 cm³/mol. The number of allylic oxidation sites excluding steroid dienone is 1. The van der Waals surface area contributed by atoms with E-state index in [1.54, 1.807) is 11.1 Å². The van der Waals surface area contributed by atoms with Crippen molar-refractivity contribution < 1.29 is 18.3 Å². The molecule has 0 aromatic heterocycles. The van der Waals surface area contributed by atoms with E-state index in [9.17, 15) is 13.6 Å². The molecule has 0 spiro atoms. The van der Waals surface area contributed by atoms with Gasteiger partial charge < -0.3 is 9.64 Å². The summed E-state index contributed by atoms with van der Waals surface area (Å²) in [5.74, 6) is -0.528. The van der Waals surface area contributed by atoms with Crippen molar-refractivity contribution in [1.82, 2.24) is 9.91 Å². The van der Waals surface area contributed by atoms with Gasteiger partial charge in [-0.2, -0.15) is 5.10 Å². The van der Waals surface area contributed by atoms with E-state index in [1.807, 2.05) is 18.2 Å². The SMILES string of the molecule is O=C(N1CC(Oc2ccc3c(c2)CC=C3)C1)N1N=CCC1c1cc(F)cc(F)c1. The summed E-state index contributed by atoms with van der Waals surface area (Å²) in [6, 6.07) is 8.54. The Morgan fingerprint density at radius 3 is 2.69 bits per heavy atom. The van der Waals surface area contributed by atoms with E-state index in [-0.39, 0.29) is 12.1 Å². The van der Waals surface area contributed by atoms with Crippen LogP contribution in [0, 0.1) is 11.6 Å². The summed E-state index contributed by atoms with van der Waals surface area (Å²) >= 11 is 0. The molecule has 5 rings (SSSR count). The topological polar surface area (TPSA) is 45.1 Å². The Balaban J connectivity index is 1.21. The van der Waals surface area contributed by atoms with Gasteiger partial charge in [-0.15, -0.1) is 0 Å². The molecule has 1 aliphatic carbocycles. The van der Waals surface area contributed by atoms with Gasteiger partial charge >= 0.3 is 6.03 Å². The van der Waals surface area contributed by atoms with Gasteiger partial charge in [0.25, 0.3) is 0 Å². The fourth-order valence-electron chi connectivity index (χ4n) is 3.96. The Bertz CT molecular complexity index is 1010. The van der Waals surface area contributed by atoms with Crippen molar-refractivity contribution in [3.05, 3.63) is 70.8 Å². The number of rotatable bonds is 3. The lowest BCUT2D eigenvalue weighted by atomic mass is 10.0. The van der Waals surface area contributed by atoms with Crippen LogP contribution in [-0.2, 0) is 6.42 Å². The largest absolute Gasteiger partial charge is 0.487 e. The summed E-state index contributed by atoms with van der Waals surface area (Å²) < 4.78 is 33.1. The number of amides is 2. The molecule has 2 aromatic rings. The van der Waals surface area contributed by atoms with Crippen LogP contribution in [-0.4, -0.2) is 41.3 Å². The summed E-state index contributed by atoms with van der Waals surface area (Å²) in [5, 5.41) is 5.43. The Morgan fingerprint density at radius 1 is 1.10 bits per heavy atom. The zero-order valence-corrected chi connectivity index (χ0v) is 15.6. The summed E-state index contributed by atoms with van der Waals surface area (Å²) in [6.07, 6.45) is 7.07. The number of hydrogen-bond acceptors (Lipinski definition) is 3. The molecule has 7 heteroatoms. The van der Waals surface area contributed by atoms with Gasteiger partial charge in [-0.1, -0.05) is 18.2 Å². The lowest BCUT2D eigenvalue weighted by Crippen LogP contribution is -2.58. The van der Waals surface area contributed by atoms with E-state index in [1.165, 1.54) is 28.3 Å². The molecule has 0 radical (unpaired) electrons. The number of ether oxygens (including phenoxy) is 1. The van der Waals surface area contributed by atoms with Crippen LogP contribution in [0.25, 0.3) is 6.08 Å². The van der Waals surface area contributed by atoms with Crippen molar-refractivity contribution in [2.24, 2.45) is 5.10 Å². The standard InChI is InChI=1S/C22H19F2N3O2/c23-17-8-16(9-18(24)11-17)21-6-7-25-27(21)22(28)26-12-20(13-26)29-19-5-4-14-2-1-3-15(14)10-19/h1-2,4-5,7-11,20-21H,3,6,12-13H2. The summed E-state index contributed by atoms with van der Waals surface area (Å²) in [6.45, 7) is 0.898. The fraction of sp³-hybridized carbons (Fsp3) is 0.273. The maximum atomic E-state index is 13.6. The average Bonchev–Trinajstić information content (AvgIpc) is 3.31. The summed E-state index contributed by atoms with van der Waals surface area (Å²) in [4.78, 5) is 14.4. The van der Waals surface area contributed by atoms with E-state index in [0.717, 1.165) is 18.2 Å². The van der Waals surface area contributed by atoms with Crippen molar-refractivity contribution in [1.29, 1.82) is 0 Å². The van der Waals surface area contributed by atoms with Crippen LogP contribution >= 0.6 is 0 Å². The van der Waals surface area contributed by atoms with Gasteiger partial charge in [0.05, 0.1) is 19.1 Å². The van der Waals surface area contributed by atoms with Crippen LogP contribution in [0.15, 0.2) is 47.6 Å². The molecule has 1 unspecified atom stereocenters. The quantitative estimate of drug-likeness (QED) is 0.784. The number of urea groups is 1. The number of carbonyl (C=O) groups excluding carboxylic acids is 1. The second-order valence-corrected chi connectivity index (χ2v) is 7.49. The molecule has 0 bridgehead atoms. The molecule has 2 heterocycles. The van der Waals surface area contributed by atoms with Crippen LogP contribution in [0.2, 0.25) is 0 Å². The van der Waals surface area contributed by atoms with E-state index in [2.05, 4.69) is 17.3 Å². The van der Waals surface area contributed by atoms with Crippen LogP contribution in [0.1, 0.15) is 29.2 Å². The molecule has 0 saturated carbocycles. The number of hydrogen-bond donors (Lipinski definition) is 0. The smallest absolute Gasteiger partial charge is 0.341 e. The third-order valence-electron chi connectivity index (χ3n) is 5.47. The summed E-state index contributed by atoms with van der Waals surface area (Å²) in [7, 11) is 0. The Hall–Kier alpha value is -3.22. The Kier molecular flexibility index (Phi) is 4.30. The lowest BCUT2D eigenvalue weighted by molar-refractivity contribution is 0.0277.